The van der Waals surface area contributed by atoms with Gasteiger partial charge in [-0.1, -0.05) is 41.5 Å². The molecule has 0 bridgehead atoms. The molecule has 2 aliphatic rings. The van der Waals surface area contributed by atoms with Crippen LogP contribution in [0.1, 0.15) is 165 Å². The molecule has 15 amide bonds. The molecule has 39 nitrogen and oxygen atoms in total. The maximum Gasteiger partial charge on any atom is 0.325 e. The summed E-state index contributed by atoms with van der Waals surface area (Å²) in [5, 5.41) is 67.7. The third kappa shape index (κ3) is 37.1. The molecule has 0 aromatic rings. The fraction of sp³-hybridized carbons (Fsp3) is 0.764. The zero-order chi connectivity index (χ0) is 86.1. The van der Waals surface area contributed by atoms with Crippen molar-refractivity contribution >= 4 is 136 Å². The number of nitrogens with zero attached hydrogens (tertiary/aromatic N) is 2. The van der Waals surface area contributed by atoms with Crippen LogP contribution in [0.5, 0.6) is 0 Å². The Hall–Kier alpha value is -8.32. The van der Waals surface area contributed by atoms with E-state index >= 15 is 0 Å². The lowest BCUT2D eigenvalue weighted by Crippen LogP contribution is -2.62. The number of hydrogen-bond acceptors (Lipinski definition) is 24. The number of aliphatic hydroxyl groups excluding tert-OH is 2. The van der Waals surface area contributed by atoms with E-state index < -0.39 is 204 Å². The summed E-state index contributed by atoms with van der Waals surface area (Å²) >= 11 is 3.99. The highest BCUT2D eigenvalue weighted by molar-refractivity contribution is 7.99. The summed E-state index contributed by atoms with van der Waals surface area (Å²) < 4.78 is 0. The van der Waals surface area contributed by atoms with Crippen LogP contribution in [0.2, 0.25) is 0 Å². The summed E-state index contributed by atoms with van der Waals surface area (Å²) in [4.78, 5) is 225. The van der Waals surface area contributed by atoms with Crippen LogP contribution in [0, 0.1) is 17.8 Å². The molecule has 0 saturated carbocycles. The minimum absolute atomic E-state index is 0.00158. The van der Waals surface area contributed by atoms with Gasteiger partial charge in [-0.05, 0) is 184 Å². The normalized spacial score (nSPS) is 17.6. The number of aliphatic carboxylic acids is 1. The van der Waals surface area contributed by atoms with E-state index in [1.807, 2.05) is 0 Å². The predicted molar refractivity (Wildman–Crippen MR) is 433 cm³/mol. The Morgan fingerprint density at radius 1 is 0.465 bits per heavy atom. The van der Waals surface area contributed by atoms with Crippen molar-refractivity contribution in [1.82, 2.24) is 79.3 Å². The van der Waals surface area contributed by atoms with E-state index in [0.717, 1.165) is 11.3 Å². The van der Waals surface area contributed by atoms with Gasteiger partial charge in [0.25, 0.3) is 0 Å². The van der Waals surface area contributed by atoms with Crippen molar-refractivity contribution in [1.29, 1.82) is 0 Å². The highest BCUT2D eigenvalue weighted by Gasteiger charge is 2.43. The van der Waals surface area contributed by atoms with Gasteiger partial charge >= 0.3 is 5.97 Å². The Balaban J connectivity index is 2.40. The quantitative estimate of drug-likeness (QED) is 0.0154. The number of aliphatic hydroxyl groups is 2. The molecule has 2 fully saturated rings. The molecule has 0 aromatic heterocycles. The van der Waals surface area contributed by atoms with Crippen molar-refractivity contribution in [3.63, 3.8) is 0 Å². The van der Waals surface area contributed by atoms with Gasteiger partial charge in [0.05, 0.1) is 18.8 Å². The summed E-state index contributed by atoms with van der Waals surface area (Å²) in [6.07, 6.45) is 5.47. The fourth-order valence-electron chi connectivity index (χ4n) is 12.2. The summed E-state index contributed by atoms with van der Waals surface area (Å²) in [5.74, 6) is -14.0. The number of amides is 15. The van der Waals surface area contributed by atoms with Crippen LogP contribution in [0.15, 0.2) is 4.99 Å². The van der Waals surface area contributed by atoms with E-state index in [2.05, 4.69) is 79.4 Å². The molecule has 42 heteroatoms. The number of unbranched alkanes of at least 4 members (excludes halogenated alkanes) is 1. The van der Waals surface area contributed by atoms with Crippen LogP contribution in [0.3, 0.4) is 0 Å². The number of nitrogens with two attached hydrogens (primary N) is 4. The van der Waals surface area contributed by atoms with Gasteiger partial charge in [0.2, 0.25) is 88.6 Å². The monoisotopic (exact) mass is 1670 g/mol. The number of guanidine groups is 1. The van der Waals surface area contributed by atoms with Crippen molar-refractivity contribution in [2.24, 2.45) is 45.7 Å². The second-order valence-corrected chi connectivity index (χ2v) is 32.6. The number of thioether (sulfide) groups is 3. The SMILES string of the molecule is CSCCC(NC(=O)C(CCCN=C(N)N)NC(=O)C(CCSC)NC(=O)C(CCCCN)NC(=O)C(CO)NC(=O)C(NC(=O)C1CCCN1)C(C)C)C(=O)NC(C)C(=O)NC(C(=O)N1CCCC1C(=O)NC(CC(C)C)C(=O)NC(CC(C)C)C(=O)NC(CCSC)C(=O)NC(CCC(N)=O)C(=O)NC(C)C(=O)O)C(C)O. The van der Waals surface area contributed by atoms with Gasteiger partial charge in [-0.3, -0.25) is 81.7 Å². The zero-order valence-corrected chi connectivity index (χ0v) is 70.2. The number of primary amides is 1. The molecule has 2 aliphatic heterocycles. The van der Waals surface area contributed by atoms with Gasteiger partial charge in [-0.15, -0.1) is 0 Å². The lowest BCUT2D eigenvalue weighted by Gasteiger charge is -2.32. The number of nitrogens with one attached hydrogen (secondary N) is 14. The predicted octanol–water partition coefficient (Wildman–Crippen LogP) is -5.02. The largest absolute Gasteiger partial charge is 0.480 e. The molecule has 2 heterocycles. The van der Waals surface area contributed by atoms with Gasteiger partial charge in [0.1, 0.15) is 84.6 Å². The van der Waals surface area contributed by atoms with Gasteiger partial charge in [0, 0.05) is 19.5 Å². The van der Waals surface area contributed by atoms with Crippen molar-refractivity contribution in [2.75, 3.05) is 68.8 Å². The van der Waals surface area contributed by atoms with E-state index in [0.29, 0.717) is 37.3 Å². The minimum atomic E-state index is -1.71. The molecule has 16 atom stereocenters. The third-order valence-electron chi connectivity index (χ3n) is 18.7. The number of aliphatic imine (C=N–C) groups is 1. The lowest BCUT2D eigenvalue weighted by molar-refractivity contribution is -0.144. The third-order valence-corrected chi connectivity index (χ3v) is 20.6. The van der Waals surface area contributed by atoms with E-state index in [1.165, 1.54) is 56.1 Å². The Kier molecular flexibility index (Phi) is 48.0. The van der Waals surface area contributed by atoms with Crippen molar-refractivity contribution < 1.29 is 92.0 Å². The topological polar surface area (TPSA) is 622 Å². The number of likely N-dealkylation sites (tertiary alicyclic amines) is 1. The van der Waals surface area contributed by atoms with Crippen LogP contribution in [0.25, 0.3) is 0 Å². The van der Waals surface area contributed by atoms with Crippen molar-refractivity contribution in [3.05, 3.63) is 0 Å². The maximum absolute atomic E-state index is 14.5. The minimum Gasteiger partial charge on any atom is -0.480 e. The van der Waals surface area contributed by atoms with E-state index in [1.54, 1.807) is 60.3 Å². The Morgan fingerprint density at radius 2 is 0.886 bits per heavy atom. The highest BCUT2D eigenvalue weighted by Crippen LogP contribution is 2.22. The fourth-order valence-corrected chi connectivity index (χ4v) is 13.7. The second kappa shape index (κ2) is 53.8. The summed E-state index contributed by atoms with van der Waals surface area (Å²) in [6, 6.07) is -19.8. The summed E-state index contributed by atoms with van der Waals surface area (Å²) in [7, 11) is 0. The molecule has 2 saturated heterocycles. The van der Waals surface area contributed by atoms with E-state index in [4.69, 9.17) is 22.9 Å². The smallest absolute Gasteiger partial charge is 0.325 e. The van der Waals surface area contributed by atoms with Gasteiger partial charge in [0.15, 0.2) is 5.96 Å². The molecule has 648 valence electrons. The summed E-state index contributed by atoms with van der Waals surface area (Å²) in [5.41, 5.74) is 22.3. The standard InChI is InChI=1S/C72H128N20O19S3/c1-37(2)34-50(65(104)86-49(26-33-114-12)64(103)83-46(22-23-54(74)95)59(98)80-41(8)71(110)111)87-66(105)51(35-38(3)4)88-68(107)53-21-17-30-92(53)70(109)56(42(9)94)91-57(96)40(7)79-60(99)47(24-31-112-10)84-62(101)45(20-16-29-78-72(75)76)81-63(102)48(25-32-113-11)85-61(100)44(18-13-14-27-73)82-67(106)52(36-93)89-69(108)55(39(5)6)90-58(97)43-19-15-28-77-43/h37-53,55-56,77,93-94H,13-36,73H2,1-12H3,(H2,74,95)(H,79,99)(H,80,98)(H,81,102)(H,82,106)(H,83,103)(H,84,101)(H,85,100)(H,86,104)(H,87,105)(H,88,107)(H,89,108)(H,90,97)(H,91,96)(H,110,111)(H4,75,76,78). The molecule has 0 aliphatic carbocycles. The molecule has 0 aromatic carbocycles. The Bertz CT molecular complexity index is 3220. The van der Waals surface area contributed by atoms with Crippen LogP contribution >= 0.6 is 35.3 Å². The molecule has 2 rings (SSSR count). The average molecular weight is 1670 g/mol. The van der Waals surface area contributed by atoms with E-state index in [9.17, 15) is 92.0 Å². The number of carboxylic acid groups (broad SMARTS) is 1. The Labute approximate surface area is 680 Å². The first-order valence-corrected chi connectivity index (χ1v) is 42.9. The number of hydrogen-bond donors (Lipinski definition) is 21. The molecule has 114 heavy (non-hydrogen) atoms. The average Bonchev–Trinajstić information content (AvgIpc) is 1.59. The number of carbonyl (C=O) groups excluding carboxylic acids is 15. The molecule has 16 unspecified atom stereocenters. The number of carboxylic acids is 1. The first-order valence-electron chi connectivity index (χ1n) is 38.8. The molecule has 0 radical (unpaired) electrons. The van der Waals surface area contributed by atoms with Crippen LogP contribution in [-0.4, -0.2) is 286 Å². The van der Waals surface area contributed by atoms with Gasteiger partial charge in [-0.2, -0.15) is 35.3 Å². The number of carbonyl (C=O) groups is 16. The zero-order valence-electron chi connectivity index (χ0n) is 67.7. The lowest BCUT2D eigenvalue weighted by atomic mass is 9.99. The first kappa shape index (κ1) is 102. The second-order valence-electron chi connectivity index (χ2n) is 29.7. The van der Waals surface area contributed by atoms with Crippen molar-refractivity contribution in [3.8, 4) is 0 Å². The van der Waals surface area contributed by atoms with Crippen LogP contribution < -0.4 is 97.4 Å². The maximum atomic E-state index is 14.5. The van der Waals surface area contributed by atoms with Crippen LogP contribution in [0.4, 0.5) is 0 Å². The molecular weight excluding hydrogens is 1550 g/mol. The number of rotatable bonds is 55. The Morgan fingerprint density at radius 3 is 1.30 bits per heavy atom. The van der Waals surface area contributed by atoms with E-state index in [-0.39, 0.29) is 120 Å². The molecular formula is C72H128N20O19S3. The molecule has 25 N–H and O–H groups in total. The van der Waals surface area contributed by atoms with Crippen molar-refractivity contribution in [2.45, 2.75) is 262 Å². The summed E-state index contributed by atoms with van der Waals surface area (Å²) in [6.45, 7) is 14.1. The highest BCUT2D eigenvalue weighted by atomic mass is 32.2. The van der Waals surface area contributed by atoms with Gasteiger partial charge < -0.3 is 118 Å². The van der Waals surface area contributed by atoms with Gasteiger partial charge in [-0.25, -0.2) is 0 Å². The first-order chi connectivity index (χ1) is 53.7. The molecule has 0 spiro atoms. The van der Waals surface area contributed by atoms with Crippen LogP contribution in [-0.2, 0) is 76.7 Å².